The lowest BCUT2D eigenvalue weighted by atomic mass is 10.0. The summed E-state index contributed by atoms with van der Waals surface area (Å²) in [6, 6.07) is 4.95. The molecule has 1 N–H and O–H groups in total. The monoisotopic (exact) mass is 289 g/mol. The molecule has 1 aromatic rings. The fraction of sp³-hybridized carbons (Fsp3) is 0.462. The van der Waals surface area contributed by atoms with Gasteiger partial charge in [-0.3, -0.25) is 10.1 Å². The third kappa shape index (κ3) is 3.87. The molecule has 0 aliphatic carbocycles. The van der Waals surface area contributed by atoms with Crippen molar-refractivity contribution in [1.29, 1.82) is 0 Å². The lowest BCUT2D eigenvalue weighted by Gasteiger charge is -2.20. The van der Waals surface area contributed by atoms with Gasteiger partial charge in [0.1, 0.15) is 6.04 Å². The molecule has 0 radical (unpaired) electrons. The Bertz CT molecular complexity index is 401. The Balaban J connectivity index is 2.76. The average molecular weight is 290 g/mol. The highest BCUT2D eigenvalue weighted by atomic mass is 35.5. The summed E-state index contributed by atoms with van der Waals surface area (Å²) in [5, 5.41) is 4.30. The Kier molecular flexibility index (Phi) is 5.93. The van der Waals surface area contributed by atoms with Gasteiger partial charge in [0.15, 0.2) is 0 Å². The number of carbonyl (C=O) groups excluding carboxylic acids is 1. The van der Waals surface area contributed by atoms with Crippen molar-refractivity contribution in [2.45, 2.75) is 26.4 Å². The fourth-order valence-electron chi connectivity index (χ4n) is 1.63. The van der Waals surface area contributed by atoms with Gasteiger partial charge in [0.05, 0.1) is 7.11 Å². The standard InChI is InChI=1S/C13H17Cl2NO2/c1-8(2)12(13(17)18-3)16-7-9-10(14)5-4-6-11(9)15/h4-6,8,12,16H,7H2,1-3H3. The highest BCUT2D eigenvalue weighted by Crippen LogP contribution is 2.24. The van der Waals surface area contributed by atoms with E-state index in [1.807, 2.05) is 13.8 Å². The Labute approximate surface area is 117 Å². The van der Waals surface area contributed by atoms with E-state index >= 15 is 0 Å². The van der Waals surface area contributed by atoms with Gasteiger partial charge in [-0.1, -0.05) is 43.1 Å². The predicted molar refractivity (Wildman–Crippen MR) is 73.9 cm³/mol. The van der Waals surface area contributed by atoms with Gasteiger partial charge in [-0.05, 0) is 18.1 Å². The molecule has 0 aliphatic rings. The first-order chi connectivity index (χ1) is 8.47. The lowest BCUT2D eigenvalue weighted by molar-refractivity contribution is -0.144. The summed E-state index contributed by atoms with van der Waals surface area (Å²) >= 11 is 12.1. The van der Waals surface area contributed by atoms with Crippen LogP contribution in [0.1, 0.15) is 19.4 Å². The number of rotatable bonds is 5. The zero-order valence-corrected chi connectivity index (χ0v) is 12.2. The third-order valence-electron chi connectivity index (χ3n) is 2.68. The number of carbonyl (C=O) groups is 1. The van der Waals surface area contributed by atoms with Crippen molar-refractivity contribution < 1.29 is 9.53 Å². The molecule has 1 atom stereocenters. The van der Waals surface area contributed by atoms with E-state index in [4.69, 9.17) is 27.9 Å². The number of hydrogen-bond acceptors (Lipinski definition) is 3. The van der Waals surface area contributed by atoms with Gasteiger partial charge in [0.25, 0.3) is 0 Å². The van der Waals surface area contributed by atoms with Crippen LogP contribution < -0.4 is 5.32 Å². The summed E-state index contributed by atoms with van der Waals surface area (Å²) in [5.41, 5.74) is 0.787. The van der Waals surface area contributed by atoms with Crippen molar-refractivity contribution >= 4 is 29.2 Å². The summed E-state index contributed by atoms with van der Waals surface area (Å²) < 4.78 is 4.76. The number of methoxy groups -OCH3 is 1. The van der Waals surface area contributed by atoms with Crippen LogP contribution in [0.5, 0.6) is 0 Å². The largest absolute Gasteiger partial charge is 0.468 e. The molecule has 0 heterocycles. The minimum absolute atomic E-state index is 0.124. The van der Waals surface area contributed by atoms with Crippen molar-refractivity contribution in [3.63, 3.8) is 0 Å². The number of benzene rings is 1. The Morgan fingerprint density at radius 1 is 1.33 bits per heavy atom. The summed E-state index contributed by atoms with van der Waals surface area (Å²) in [4.78, 5) is 11.6. The maximum atomic E-state index is 11.6. The highest BCUT2D eigenvalue weighted by Gasteiger charge is 2.22. The quantitative estimate of drug-likeness (QED) is 0.846. The SMILES string of the molecule is COC(=O)C(NCc1c(Cl)cccc1Cl)C(C)C. The lowest BCUT2D eigenvalue weighted by Crippen LogP contribution is -2.41. The molecule has 0 spiro atoms. The minimum atomic E-state index is -0.373. The molecule has 0 saturated carbocycles. The van der Waals surface area contributed by atoms with Gasteiger partial charge in [0, 0.05) is 22.2 Å². The van der Waals surface area contributed by atoms with Crippen molar-refractivity contribution in [2.75, 3.05) is 7.11 Å². The Morgan fingerprint density at radius 2 is 1.89 bits per heavy atom. The zero-order chi connectivity index (χ0) is 13.7. The molecular formula is C13H17Cl2NO2. The molecular weight excluding hydrogens is 273 g/mol. The molecule has 0 aromatic heterocycles. The van der Waals surface area contributed by atoms with Crippen molar-refractivity contribution in [1.82, 2.24) is 5.32 Å². The molecule has 1 aromatic carbocycles. The summed E-state index contributed by atoms with van der Waals surface area (Å²) in [6.07, 6.45) is 0. The molecule has 100 valence electrons. The number of hydrogen-bond donors (Lipinski definition) is 1. The molecule has 0 saturated heterocycles. The third-order valence-corrected chi connectivity index (χ3v) is 3.39. The van der Waals surface area contributed by atoms with Crippen LogP contribution in [0, 0.1) is 5.92 Å². The second kappa shape index (κ2) is 6.98. The van der Waals surface area contributed by atoms with Crippen LogP contribution in [0.3, 0.4) is 0 Å². The Hall–Kier alpha value is -0.770. The Morgan fingerprint density at radius 3 is 2.33 bits per heavy atom. The number of ether oxygens (including phenoxy) is 1. The summed E-state index contributed by atoms with van der Waals surface area (Å²) in [5.74, 6) is -0.160. The molecule has 1 rings (SSSR count). The molecule has 0 fully saturated rings. The van der Waals surface area contributed by atoms with Crippen LogP contribution in [0.2, 0.25) is 10.0 Å². The number of nitrogens with one attached hydrogen (secondary N) is 1. The fourth-order valence-corrected chi connectivity index (χ4v) is 2.16. The predicted octanol–water partition coefficient (Wildman–Crippen LogP) is 3.28. The smallest absolute Gasteiger partial charge is 0.323 e. The highest BCUT2D eigenvalue weighted by molar-refractivity contribution is 6.35. The van der Waals surface area contributed by atoms with Crippen LogP contribution >= 0.6 is 23.2 Å². The number of esters is 1. The second-order valence-electron chi connectivity index (χ2n) is 4.33. The maximum Gasteiger partial charge on any atom is 0.323 e. The first-order valence-corrected chi connectivity index (χ1v) is 6.47. The maximum absolute atomic E-state index is 11.6. The van der Waals surface area contributed by atoms with E-state index in [1.54, 1.807) is 18.2 Å². The van der Waals surface area contributed by atoms with E-state index in [1.165, 1.54) is 7.11 Å². The molecule has 5 heteroatoms. The van der Waals surface area contributed by atoms with E-state index < -0.39 is 0 Å². The van der Waals surface area contributed by atoms with Crippen LogP contribution in [-0.4, -0.2) is 19.1 Å². The summed E-state index contributed by atoms with van der Waals surface area (Å²) in [7, 11) is 1.38. The topological polar surface area (TPSA) is 38.3 Å². The van der Waals surface area contributed by atoms with E-state index in [0.29, 0.717) is 16.6 Å². The van der Waals surface area contributed by atoms with Gasteiger partial charge >= 0.3 is 5.97 Å². The van der Waals surface area contributed by atoms with Crippen molar-refractivity contribution in [3.05, 3.63) is 33.8 Å². The molecule has 1 unspecified atom stereocenters. The molecule has 18 heavy (non-hydrogen) atoms. The van der Waals surface area contributed by atoms with Crippen LogP contribution in [-0.2, 0) is 16.1 Å². The van der Waals surface area contributed by atoms with Crippen molar-refractivity contribution in [2.24, 2.45) is 5.92 Å². The number of halogens is 2. The van der Waals surface area contributed by atoms with Crippen molar-refractivity contribution in [3.8, 4) is 0 Å². The zero-order valence-electron chi connectivity index (χ0n) is 10.7. The van der Waals surface area contributed by atoms with E-state index in [2.05, 4.69) is 5.32 Å². The van der Waals surface area contributed by atoms with Gasteiger partial charge in [0.2, 0.25) is 0 Å². The van der Waals surface area contributed by atoms with Crippen LogP contribution in [0.15, 0.2) is 18.2 Å². The normalized spacial score (nSPS) is 12.6. The minimum Gasteiger partial charge on any atom is -0.468 e. The van der Waals surface area contributed by atoms with E-state index in [-0.39, 0.29) is 17.9 Å². The second-order valence-corrected chi connectivity index (χ2v) is 5.14. The summed E-state index contributed by atoms with van der Waals surface area (Å²) in [6.45, 7) is 4.32. The van der Waals surface area contributed by atoms with E-state index in [9.17, 15) is 4.79 Å². The average Bonchev–Trinajstić information content (AvgIpc) is 2.31. The first kappa shape index (κ1) is 15.3. The molecule has 0 aliphatic heterocycles. The van der Waals surface area contributed by atoms with E-state index in [0.717, 1.165) is 5.56 Å². The van der Waals surface area contributed by atoms with Gasteiger partial charge in [-0.25, -0.2) is 0 Å². The van der Waals surface area contributed by atoms with Crippen LogP contribution in [0.4, 0.5) is 0 Å². The van der Waals surface area contributed by atoms with Gasteiger partial charge in [-0.2, -0.15) is 0 Å². The van der Waals surface area contributed by atoms with Gasteiger partial charge in [-0.15, -0.1) is 0 Å². The van der Waals surface area contributed by atoms with Crippen LogP contribution in [0.25, 0.3) is 0 Å². The molecule has 0 amide bonds. The van der Waals surface area contributed by atoms with Gasteiger partial charge < -0.3 is 4.74 Å². The molecule has 0 bridgehead atoms. The molecule has 3 nitrogen and oxygen atoms in total. The first-order valence-electron chi connectivity index (χ1n) is 5.71.